The second-order valence-electron chi connectivity index (χ2n) is 6.90. The number of nitrogens with zero attached hydrogens (tertiary/aromatic N) is 2. The number of amides is 3. The normalized spacial score (nSPS) is 11.0. The lowest BCUT2D eigenvalue weighted by molar-refractivity contribution is 0.0995. The van der Waals surface area contributed by atoms with Crippen molar-refractivity contribution < 1.29 is 23.8 Å². The Labute approximate surface area is 186 Å². The molecule has 4 N–H and O–H groups in total. The monoisotopic (exact) mass is 447 g/mol. The molecule has 0 aliphatic heterocycles. The van der Waals surface area contributed by atoms with Gasteiger partial charge in [-0.25, -0.2) is 9.18 Å². The molecule has 0 unspecified atom stereocenters. The van der Waals surface area contributed by atoms with Crippen LogP contribution in [0.3, 0.4) is 0 Å². The molecule has 0 saturated carbocycles. The molecular weight excluding hydrogens is 429 g/mol. The lowest BCUT2D eigenvalue weighted by Gasteiger charge is -2.08. The van der Waals surface area contributed by atoms with Gasteiger partial charge in [-0.2, -0.15) is 0 Å². The van der Waals surface area contributed by atoms with Gasteiger partial charge >= 0.3 is 6.03 Å². The largest absolute Gasteiger partial charge is 0.497 e. The molecule has 0 saturated heterocycles. The fourth-order valence-electron chi connectivity index (χ4n) is 3.05. The van der Waals surface area contributed by atoms with Crippen LogP contribution in [0.15, 0.2) is 77.0 Å². The maximum absolute atomic E-state index is 13.5. The van der Waals surface area contributed by atoms with Gasteiger partial charge in [-0.15, -0.1) is 10.2 Å². The quantitative estimate of drug-likeness (QED) is 0.297. The summed E-state index contributed by atoms with van der Waals surface area (Å²) < 4.78 is 18.6. The van der Waals surface area contributed by atoms with Gasteiger partial charge in [0.1, 0.15) is 11.6 Å². The molecule has 1 heterocycles. The summed E-state index contributed by atoms with van der Waals surface area (Å²) in [4.78, 5) is 27.1. The highest BCUT2D eigenvalue weighted by Gasteiger charge is 2.13. The topological polar surface area (TPSA) is 128 Å². The van der Waals surface area contributed by atoms with Crippen molar-refractivity contribution in [2.75, 3.05) is 17.7 Å². The van der Waals surface area contributed by atoms with Crippen molar-refractivity contribution in [2.24, 2.45) is 10.2 Å². The van der Waals surface area contributed by atoms with E-state index in [-0.39, 0.29) is 17.1 Å². The number of aromatic hydroxyl groups is 1. The van der Waals surface area contributed by atoms with Gasteiger partial charge in [0, 0.05) is 22.3 Å². The molecule has 0 spiro atoms. The molecule has 33 heavy (non-hydrogen) atoms. The number of benzene rings is 3. The smallest absolute Gasteiger partial charge is 0.323 e. The van der Waals surface area contributed by atoms with Gasteiger partial charge < -0.3 is 25.5 Å². The number of hydrogen-bond donors (Lipinski definition) is 4. The Balaban J connectivity index is 1.40. The van der Waals surface area contributed by atoms with E-state index in [0.717, 1.165) is 0 Å². The standard InChI is InChI=1S/C23H18FN5O4/c1-33-17-9-7-16(8-10-17)26-23(32)25-15-5-2-13(3-6-15)21(30)29-28-20-18-12-14(24)4-11-19(18)27-22(20)31/h2-12,27,31H,1H3,(H2,25,26,32). The van der Waals surface area contributed by atoms with Crippen LogP contribution in [-0.4, -0.2) is 29.1 Å². The number of methoxy groups -OCH3 is 1. The Bertz CT molecular complexity index is 1350. The van der Waals surface area contributed by atoms with Gasteiger partial charge in [0.05, 0.1) is 12.6 Å². The van der Waals surface area contributed by atoms with Crippen LogP contribution < -0.4 is 15.4 Å². The molecule has 4 rings (SSSR count). The first-order chi connectivity index (χ1) is 15.9. The van der Waals surface area contributed by atoms with E-state index in [1.54, 1.807) is 31.4 Å². The van der Waals surface area contributed by atoms with Crippen molar-refractivity contribution in [3.63, 3.8) is 0 Å². The number of aromatic nitrogens is 1. The average molecular weight is 447 g/mol. The van der Waals surface area contributed by atoms with Gasteiger partial charge in [0.2, 0.25) is 5.88 Å². The number of nitrogens with one attached hydrogen (secondary N) is 3. The minimum absolute atomic E-state index is 0.0358. The Hall–Kier alpha value is -4.73. The van der Waals surface area contributed by atoms with E-state index in [0.29, 0.717) is 28.0 Å². The first-order valence-corrected chi connectivity index (χ1v) is 9.71. The highest BCUT2D eigenvalue weighted by atomic mass is 19.1. The molecule has 0 aliphatic rings. The molecule has 0 bridgehead atoms. The molecule has 1 aromatic heterocycles. The zero-order chi connectivity index (χ0) is 23.4. The second kappa shape index (κ2) is 9.18. The van der Waals surface area contributed by atoms with E-state index in [4.69, 9.17) is 4.74 Å². The number of ether oxygens (including phenoxy) is 1. The second-order valence-corrected chi connectivity index (χ2v) is 6.90. The van der Waals surface area contributed by atoms with Crippen molar-refractivity contribution in [1.82, 2.24) is 4.98 Å². The zero-order valence-electron chi connectivity index (χ0n) is 17.3. The van der Waals surface area contributed by atoms with Gasteiger partial charge in [0.25, 0.3) is 5.91 Å². The van der Waals surface area contributed by atoms with Gasteiger partial charge in [0.15, 0.2) is 5.69 Å². The molecule has 3 amide bonds. The summed E-state index contributed by atoms with van der Waals surface area (Å²) in [7, 11) is 1.55. The van der Waals surface area contributed by atoms with Crippen LogP contribution in [0.25, 0.3) is 10.9 Å². The predicted octanol–water partition coefficient (Wildman–Crippen LogP) is 5.59. The predicted molar refractivity (Wildman–Crippen MR) is 121 cm³/mol. The number of azo groups is 1. The molecular formula is C23H18FN5O4. The summed E-state index contributed by atoms with van der Waals surface area (Å²) in [6.07, 6.45) is 0. The van der Waals surface area contributed by atoms with Gasteiger partial charge in [-0.1, -0.05) is 0 Å². The lowest BCUT2D eigenvalue weighted by atomic mass is 10.2. The Morgan fingerprint density at radius 1 is 0.970 bits per heavy atom. The van der Waals surface area contributed by atoms with Crippen LogP contribution in [0.2, 0.25) is 0 Å². The maximum atomic E-state index is 13.5. The minimum Gasteiger partial charge on any atom is -0.497 e. The number of H-pyrrole nitrogens is 1. The number of rotatable bonds is 5. The molecule has 3 aromatic carbocycles. The summed E-state index contributed by atoms with van der Waals surface area (Å²) in [6, 6.07) is 16.3. The summed E-state index contributed by atoms with van der Waals surface area (Å²) in [5.74, 6) is -0.835. The molecule has 0 fully saturated rings. The third-order valence-electron chi connectivity index (χ3n) is 4.69. The van der Waals surface area contributed by atoms with E-state index >= 15 is 0 Å². The average Bonchev–Trinajstić information content (AvgIpc) is 3.12. The third kappa shape index (κ3) is 4.96. The molecule has 166 valence electrons. The zero-order valence-corrected chi connectivity index (χ0v) is 17.3. The molecule has 9 nitrogen and oxygen atoms in total. The molecule has 0 radical (unpaired) electrons. The van der Waals surface area contributed by atoms with E-state index in [1.165, 1.54) is 42.5 Å². The summed E-state index contributed by atoms with van der Waals surface area (Å²) in [6.45, 7) is 0. The van der Waals surface area contributed by atoms with E-state index in [9.17, 15) is 19.1 Å². The van der Waals surface area contributed by atoms with Crippen LogP contribution in [-0.2, 0) is 0 Å². The van der Waals surface area contributed by atoms with E-state index < -0.39 is 17.8 Å². The van der Waals surface area contributed by atoms with Crippen LogP contribution >= 0.6 is 0 Å². The van der Waals surface area contributed by atoms with Crippen molar-refractivity contribution >= 4 is 39.9 Å². The fourth-order valence-corrected chi connectivity index (χ4v) is 3.05. The maximum Gasteiger partial charge on any atom is 0.323 e. The van der Waals surface area contributed by atoms with Gasteiger partial charge in [-0.3, -0.25) is 4.79 Å². The van der Waals surface area contributed by atoms with E-state index in [2.05, 4.69) is 25.8 Å². The van der Waals surface area contributed by atoms with Crippen LogP contribution in [0.4, 0.5) is 26.2 Å². The van der Waals surface area contributed by atoms with Crippen LogP contribution in [0.1, 0.15) is 10.4 Å². The lowest BCUT2D eigenvalue weighted by Crippen LogP contribution is -2.19. The minimum atomic E-state index is -0.672. The van der Waals surface area contributed by atoms with Crippen molar-refractivity contribution in [3.8, 4) is 11.6 Å². The van der Waals surface area contributed by atoms with Crippen molar-refractivity contribution in [2.45, 2.75) is 0 Å². The number of anilines is 2. The van der Waals surface area contributed by atoms with E-state index in [1.807, 2.05) is 0 Å². The highest BCUT2D eigenvalue weighted by molar-refractivity contribution is 6.01. The molecule has 0 atom stereocenters. The SMILES string of the molecule is COc1ccc(NC(=O)Nc2ccc(C(=O)N=Nc3c(O)[nH]c4ccc(F)cc34)cc2)cc1. The Kier molecular flexibility index (Phi) is 5.98. The molecule has 0 aliphatic carbocycles. The van der Waals surface area contributed by atoms with Crippen molar-refractivity contribution in [1.29, 1.82) is 0 Å². The number of fused-ring (bicyclic) bond motifs is 1. The summed E-state index contributed by atoms with van der Waals surface area (Å²) in [5.41, 5.74) is 1.68. The fraction of sp³-hybridized carbons (Fsp3) is 0.0435. The van der Waals surface area contributed by atoms with Crippen LogP contribution in [0.5, 0.6) is 11.6 Å². The number of carbonyl (C=O) groups is 2. The number of hydrogen-bond acceptors (Lipinski definition) is 5. The number of aromatic amines is 1. The molecule has 4 aromatic rings. The summed E-state index contributed by atoms with van der Waals surface area (Å²) in [5, 5.41) is 23.0. The third-order valence-corrected chi connectivity index (χ3v) is 4.69. The molecule has 10 heteroatoms. The first kappa shape index (κ1) is 21.5. The van der Waals surface area contributed by atoms with Gasteiger partial charge in [-0.05, 0) is 66.7 Å². The summed E-state index contributed by atoms with van der Waals surface area (Å²) >= 11 is 0. The first-order valence-electron chi connectivity index (χ1n) is 9.71. The number of halogens is 1. The van der Waals surface area contributed by atoms with Crippen molar-refractivity contribution in [3.05, 3.63) is 78.1 Å². The highest BCUT2D eigenvalue weighted by Crippen LogP contribution is 2.35. The number of carbonyl (C=O) groups excluding carboxylic acids is 2. The Morgan fingerprint density at radius 2 is 1.61 bits per heavy atom. The van der Waals surface area contributed by atoms with Crippen LogP contribution in [0, 0.1) is 5.82 Å². The number of urea groups is 1. The Morgan fingerprint density at radius 3 is 2.24 bits per heavy atom.